The largest absolute Gasteiger partial charge is 0.507 e. The van der Waals surface area contributed by atoms with Gasteiger partial charge in [0.25, 0.3) is 5.88 Å². The molecule has 0 aliphatic heterocycles. The number of aromatic nitrogens is 5. The Morgan fingerprint density at radius 1 is 1.14 bits per heavy atom. The minimum absolute atomic E-state index is 0.0939. The van der Waals surface area contributed by atoms with Crippen molar-refractivity contribution in [2.45, 2.75) is 52.1 Å². The van der Waals surface area contributed by atoms with Gasteiger partial charge in [0.15, 0.2) is 5.82 Å². The molecule has 1 N–H and O–H groups in total. The number of imidazole rings is 1. The topological polar surface area (TPSA) is 86.0 Å². The maximum absolute atomic E-state index is 10.4. The van der Waals surface area contributed by atoms with Crippen LogP contribution >= 0.6 is 0 Å². The first-order chi connectivity index (χ1) is 13.9. The lowest BCUT2D eigenvalue weighted by Crippen LogP contribution is -2.36. The maximum atomic E-state index is 10.4. The fourth-order valence-corrected chi connectivity index (χ4v) is 5.31. The number of rotatable bonds is 4. The van der Waals surface area contributed by atoms with Crippen LogP contribution in [0, 0.1) is 10.8 Å². The summed E-state index contributed by atoms with van der Waals surface area (Å²) in [5, 5.41) is 18.8. The molecule has 2 saturated carbocycles. The van der Waals surface area contributed by atoms with Gasteiger partial charge in [0.05, 0.1) is 23.8 Å². The second-order valence-electron chi connectivity index (χ2n) is 9.24. The minimum atomic E-state index is 0.0939. The molecule has 0 amide bonds. The van der Waals surface area contributed by atoms with Gasteiger partial charge in [-0.3, -0.25) is 0 Å². The molecular formula is C22H25N5O2. The lowest BCUT2D eigenvalue weighted by atomic mass is 9.69. The smallest absolute Gasteiger partial charge is 0.252 e. The van der Waals surface area contributed by atoms with Gasteiger partial charge in [-0.15, -0.1) is 10.2 Å². The van der Waals surface area contributed by atoms with Crippen molar-refractivity contribution in [2.75, 3.05) is 0 Å². The molecule has 7 heteroatoms. The summed E-state index contributed by atoms with van der Waals surface area (Å²) in [5.41, 5.74) is 2.09. The third-order valence-corrected chi connectivity index (χ3v) is 6.48. The third-order valence-electron chi connectivity index (χ3n) is 6.48. The lowest BCUT2D eigenvalue weighted by Gasteiger charge is -2.39. The number of aromatic hydroxyl groups is 1. The van der Waals surface area contributed by atoms with Crippen LogP contribution in [0.5, 0.6) is 11.6 Å². The molecule has 2 heterocycles. The summed E-state index contributed by atoms with van der Waals surface area (Å²) in [4.78, 5) is 8.40. The zero-order chi connectivity index (χ0) is 20.1. The number of phenols is 1. The van der Waals surface area contributed by atoms with E-state index in [-0.39, 0.29) is 11.9 Å². The van der Waals surface area contributed by atoms with Crippen molar-refractivity contribution in [3.63, 3.8) is 0 Å². The Hall–Kier alpha value is -2.96. The highest BCUT2D eigenvalue weighted by molar-refractivity contribution is 5.65. The molecule has 150 valence electrons. The van der Waals surface area contributed by atoms with E-state index in [9.17, 15) is 5.11 Å². The second-order valence-corrected chi connectivity index (χ2v) is 9.24. The van der Waals surface area contributed by atoms with Gasteiger partial charge in [0.2, 0.25) is 0 Å². The van der Waals surface area contributed by atoms with Gasteiger partial charge in [0, 0.05) is 18.5 Å². The molecule has 3 aromatic rings. The molecular weight excluding hydrogens is 366 g/mol. The predicted molar refractivity (Wildman–Crippen MR) is 108 cm³/mol. The average Bonchev–Trinajstić information content (AvgIpc) is 3.28. The summed E-state index contributed by atoms with van der Waals surface area (Å²) in [6, 6.07) is 5.32. The van der Waals surface area contributed by atoms with Crippen LogP contribution in [0.1, 0.15) is 46.0 Å². The van der Waals surface area contributed by atoms with E-state index in [4.69, 9.17) is 4.74 Å². The SMILES string of the molecule is C[C@]12CC[C@](C)(C[C@@H](Oc3cnc(-c4ccc(-n5ccnc5)cc4O)nn3)C1)C2. The lowest BCUT2D eigenvalue weighted by molar-refractivity contribution is 0.0398. The van der Waals surface area contributed by atoms with Crippen molar-refractivity contribution in [3.8, 4) is 28.7 Å². The quantitative estimate of drug-likeness (QED) is 0.718. The predicted octanol–water partition coefficient (Wildman–Crippen LogP) is 4.17. The van der Waals surface area contributed by atoms with Gasteiger partial charge in [0.1, 0.15) is 11.9 Å². The number of benzene rings is 1. The maximum Gasteiger partial charge on any atom is 0.252 e. The van der Waals surface area contributed by atoms with Crippen molar-refractivity contribution < 1.29 is 9.84 Å². The van der Waals surface area contributed by atoms with Gasteiger partial charge in [-0.1, -0.05) is 13.8 Å². The monoisotopic (exact) mass is 391 g/mol. The van der Waals surface area contributed by atoms with Crippen molar-refractivity contribution in [2.24, 2.45) is 10.8 Å². The third kappa shape index (κ3) is 3.45. The molecule has 0 unspecified atom stereocenters. The van der Waals surface area contributed by atoms with Crippen LogP contribution in [-0.2, 0) is 0 Å². The van der Waals surface area contributed by atoms with Gasteiger partial charge in [-0.2, -0.15) is 0 Å². The van der Waals surface area contributed by atoms with Crippen LogP contribution in [0.4, 0.5) is 0 Å². The van der Waals surface area contributed by atoms with E-state index >= 15 is 0 Å². The van der Waals surface area contributed by atoms with E-state index < -0.39 is 0 Å². The standard InChI is InChI=1S/C22H25N5O2/c1-21-5-6-22(2,13-21)11-16(10-21)29-19-12-24-20(26-25-19)17-4-3-15(9-18(17)28)27-8-7-23-14-27/h3-4,7-9,12,14,16,28H,5-6,10-11,13H2,1-2H3/t16-,21-,22+. The van der Waals surface area contributed by atoms with E-state index in [2.05, 4.69) is 34.0 Å². The molecule has 0 spiro atoms. The van der Waals surface area contributed by atoms with Crippen molar-refractivity contribution in [1.82, 2.24) is 24.7 Å². The number of ether oxygens (including phenoxy) is 1. The normalized spacial score (nSPS) is 28.4. The van der Waals surface area contributed by atoms with E-state index in [1.54, 1.807) is 30.9 Å². The van der Waals surface area contributed by atoms with Gasteiger partial charge in [-0.05, 0) is 55.1 Å². The van der Waals surface area contributed by atoms with Crippen LogP contribution < -0.4 is 4.74 Å². The molecule has 0 radical (unpaired) electrons. The minimum Gasteiger partial charge on any atom is -0.507 e. The van der Waals surface area contributed by atoms with Gasteiger partial charge in [-0.25, -0.2) is 9.97 Å². The summed E-state index contributed by atoms with van der Waals surface area (Å²) in [6.45, 7) is 4.74. The highest BCUT2D eigenvalue weighted by Crippen LogP contribution is 2.58. The number of nitrogens with zero attached hydrogens (tertiary/aromatic N) is 5. The van der Waals surface area contributed by atoms with Crippen LogP contribution in [0.25, 0.3) is 17.1 Å². The van der Waals surface area contributed by atoms with Crippen LogP contribution in [0.15, 0.2) is 43.1 Å². The Kier molecular flexibility index (Phi) is 4.08. The molecule has 2 fully saturated rings. The zero-order valence-corrected chi connectivity index (χ0v) is 16.7. The molecule has 7 nitrogen and oxygen atoms in total. The van der Waals surface area contributed by atoms with Crippen LogP contribution in [-0.4, -0.2) is 35.9 Å². The van der Waals surface area contributed by atoms with Crippen LogP contribution in [0.2, 0.25) is 0 Å². The highest BCUT2D eigenvalue weighted by Gasteiger charge is 2.49. The molecule has 0 saturated heterocycles. The molecule has 2 bridgehead atoms. The Morgan fingerprint density at radius 3 is 2.55 bits per heavy atom. The molecule has 2 aliphatic carbocycles. The fraction of sp³-hybridized carbons (Fsp3) is 0.455. The fourth-order valence-electron chi connectivity index (χ4n) is 5.31. The molecule has 5 rings (SSSR count). The number of hydrogen-bond acceptors (Lipinski definition) is 6. The summed E-state index contributed by atoms with van der Waals surface area (Å²) in [5.74, 6) is 0.910. The number of phenolic OH excluding ortho intramolecular Hbond substituents is 1. The Labute approximate surface area is 169 Å². The summed E-state index contributed by atoms with van der Waals surface area (Å²) in [7, 11) is 0. The highest BCUT2D eigenvalue weighted by atomic mass is 16.5. The molecule has 3 atom stereocenters. The molecule has 2 aromatic heterocycles. The first-order valence-corrected chi connectivity index (χ1v) is 10.1. The van der Waals surface area contributed by atoms with Gasteiger partial charge < -0.3 is 14.4 Å². The van der Waals surface area contributed by atoms with Crippen LogP contribution in [0.3, 0.4) is 0 Å². The first-order valence-electron chi connectivity index (χ1n) is 10.1. The van der Waals surface area contributed by atoms with E-state index in [1.165, 1.54) is 19.3 Å². The van der Waals surface area contributed by atoms with E-state index in [0.29, 0.717) is 28.1 Å². The summed E-state index contributed by atoms with van der Waals surface area (Å²) in [6.07, 6.45) is 12.9. The molecule has 1 aromatic carbocycles. The van der Waals surface area contributed by atoms with Crippen molar-refractivity contribution in [3.05, 3.63) is 43.1 Å². The summed E-state index contributed by atoms with van der Waals surface area (Å²) >= 11 is 0. The number of hydrogen-bond donors (Lipinski definition) is 1. The van der Waals surface area contributed by atoms with Crippen molar-refractivity contribution in [1.29, 1.82) is 0 Å². The van der Waals surface area contributed by atoms with Crippen molar-refractivity contribution >= 4 is 0 Å². The Bertz CT molecular complexity index is 1000. The first kappa shape index (κ1) is 18.1. The van der Waals surface area contributed by atoms with Gasteiger partial charge >= 0.3 is 0 Å². The Balaban J connectivity index is 1.32. The van der Waals surface area contributed by atoms with E-state index in [0.717, 1.165) is 18.5 Å². The zero-order valence-electron chi connectivity index (χ0n) is 16.7. The number of fused-ring (bicyclic) bond motifs is 2. The summed E-state index contributed by atoms with van der Waals surface area (Å²) < 4.78 is 7.96. The molecule has 29 heavy (non-hydrogen) atoms. The van der Waals surface area contributed by atoms with E-state index in [1.807, 2.05) is 16.8 Å². The second kappa shape index (κ2) is 6.54. The average molecular weight is 391 g/mol. The Morgan fingerprint density at radius 2 is 1.93 bits per heavy atom. The molecule has 2 aliphatic rings.